The molecule has 2 aromatic heterocycles. The van der Waals surface area contributed by atoms with E-state index >= 15 is 0 Å². The summed E-state index contributed by atoms with van der Waals surface area (Å²) in [5.74, 6) is -0.226. The number of aromatic amines is 2. The van der Waals surface area contributed by atoms with Crippen LogP contribution in [0, 0.1) is 0 Å². The van der Waals surface area contributed by atoms with Gasteiger partial charge in [-0.25, -0.2) is 13.4 Å². The third kappa shape index (κ3) is 4.95. The Balaban J connectivity index is 1.64. The fourth-order valence-electron chi connectivity index (χ4n) is 3.70. The van der Waals surface area contributed by atoms with Crippen molar-refractivity contribution in [3.05, 3.63) is 100 Å². The minimum atomic E-state index is -3.94. The summed E-state index contributed by atoms with van der Waals surface area (Å²) >= 11 is 0. The number of hydrogen-bond acceptors (Lipinski definition) is 4. The first kappa shape index (κ1) is 24.2. The molecule has 2 aromatic carbocycles. The highest BCUT2D eigenvalue weighted by atomic mass is 32.2. The van der Waals surface area contributed by atoms with Gasteiger partial charge in [-0.3, -0.25) is 13.9 Å². The van der Waals surface area contributed by atoms with Crippen molar-refractivity contribution in [3.8, 4) is 0 Å². The number of pyridine rings is 2. The van der Waals surface area contributed by atoms with Crippen LogP contribution in [0.4, 0.5) is 5.69 Å². The van der Waals surface area contributed by atoms with E-state index in [0.29, 0.717) is 17.1 Å². The molecule has 0 fully saturated rings. The van der Waals surface area contributed by atoms with Crippen molar-refractivity contribution in [2.24, 2.45) is 0 Å². The van der Waals surface area contributed by atoms with E-state index in [2.05, 4.69) is 29.1 Å². The number of nitrogens with zero attached hydrogens (tertiary/aromatic N) is 1. The van der Waals surface area contributed by atoms with E-state index in [1.807, 2.05) is 30.3 Å². The van der Waals surface area contributed by atoms with Gasteiger partial charge < -0.3 is 10.3 Å². The minimum Gasteiger partial charge on any atom is -0.360 e. The molecule has 0 saturated heterocycles. The zero-order valence-corrected chi connectivity index (χ0v) is 20.5. The Morgan fingerprint density at radius 2 is 1.83 bits per heavy atom. The third-order valence-corrected chi connectivity index (χ3v) is 7.67. The fourth-order valence-corrected chi connectivity index (χ4v) is 4.93. The molecule has 0 aliphatic carbocycles. The van der Waals surface area contributed by atoms with Crippen LogP contribution in [0.1, 0.15) is 41.4 Å². The molecule has 0 spiro atoms. The predicted molar refractivity (Wildman–Crippen MR) is 135 cm³/mol. The normalized spacial score (nSPS) is 11.5. The molecular weight excluding hydrogens is 464 g/mol. The molecule has 4 rings (SSSR count). The quantitative estimate of drug-likeness (QED) is 0.413. The average molecular weight is 492 g/mol. The summed E-state index contributed by atoms with van der Waals surface area (Å²) in [5.41, 5.74) is 2.18. The summed E-state index contributed by atoms with van der Waals surface area (Å²) in [4.78, 5) is 31.6. The van der Waals surface area contributed by atoms with Gasteiger partial charge in [-0.15, -0.1) is 0 Å². The number of carbonyl (C=O) groups excluding carboxylic acids is 1. The molecule has 0 saturated carbocycles. The van der Waals surface area contributed by atoms with Gasteiger partial charge in [0.25, 0.3) is 15.9 Å². The number of aromatic nitrogens is 2. The van der Waals surface area contributed by atoms with E-state index in [-0.39, 0.29) is 22.4 Å². The van der Waals surface area contributed by atoms with Crippen LogP contribution in [0.25, 0.3) is 10.9 Å². The molecule has 0 unspecified atom stereocenters. The van der Waals surface area contributed by atoms with Crippen molar-refractivity contribution in [1.29, 1.82) is 0 Å². The van der Waals surface area contributed by atoms with Crippen molar-refractivity contribution >= 4 is 32.5 Å². The van der Waals surface area contributed by atoms with Crippen molar-refractivity contribution < 1.29 is 18.2 Å². The van der Waals surface area contributed by atoms with E-state index in [4.69, 9.17) is 0 Å². The lowest BCUT2D eigenvalue weighted by Crippen LogP contribution is -2.30. The molecule has 0 bridgehead atoms. The molecule has 0 radical (unpaired) electrons. The minimum absolute atomic E-state index is 0.0395. The van der Waals surface area contributed by atoms with E-state index in [1.165, 1.54) is 35.7 Å². The highest BCUT2D eigenvalue weighted by Gasteiger charge is 2.23. The summed E-state index contributed by atoms with van der Waals surface area (Å²) < 4.78 is 27.8. The second kappa shape index (κ2) is 9.71. The lowest BCUT2D eigenvalue weighted by molar-refractivity contribution is -0.390. The van der Waals surface area contributed by atoms with Gasteiger partial charge in [-0.1, -0.05) is 32.0 Å². The van der Waals surface area contributed by atoms with E-state index in [9.17, 15) is 18.0 Å². The van der Waals surface area contributed by atoms with Crippen LogP contribution < -0.4 is 20.0 Å². The van der Waals surface area contributed by atoms with Crippen LogP contribution in [0.2, 0.25) is 0 Å². The lowest BCUT2D eigenvalue weighted by Gasteiger charge is -2.20. The number of H-pyrrole nitrogens is 2. The Morgan fingerprint density at radius 3 is 2.49 bits per heavy atom. The molecule has 1 amide bonds. The maximum Gasteiger partial charge on any atom is 0.264 e. The molecule has 35 heavy (non-hydrogen) atoms. The van der Waals surface area contributed by atoms with E-state index < -0.39 is 21.4 Å². The monoisotopic (exact) mass is 491 g/mol. The topological polar surface area (TPSA) is 113 Å². The maximum atomic E-state index is 13.3. The summed E-state index contributed by atoms with van der Waals surface area (Å²) in [7, 11) is -2.47. The van der Waals surface area contributed by atoms with Crippen LogP contribution in [-0.2, 0) is 16.6 Å². The Morgan fingerprint density at radius 1 is 1.09 bits per heavy atom. The number of fused-ring (bicyclic) bond motifs is 1. The SMILES string of the molecule is CC(C)c1ccc(N(C)S(=O)(=O)c2ccc3[nH]cc(C(=O)NCc4cccc[nH+]4)c(=O)c3c2)cc1. The summed E-state index contributed by atoms with van der Waals surface area (Å²) in [5, 5.41) is 2.82. The van der Waals surface area contributed by atoms with Crippen LogP contribution in [0.3, 0.4) is 0 Å². The van der Waals surface area contributed by atoms with Gasteiger partial charge in [0, 0.05) is 36.3 Å². The zero-order chi connectivity index (χ0) is 25.2. The number of amides is 1. The molecular formula is C26H27N4O4S+. The van der Waals surface area contributed by atoms with Crippen molar-refractivity contribution in [2.75, 3.05) is 11.4 Å². The van der Waals surface area contributed by atoms with Gasteiger partial charge in [0.05, 0.1) is 10.6 Å². The molecule has 9 heteroatoms. The van der Waals surface area contributed by atoms with Crippen LogP contribution >= 0.6 is 0 Å². The number of rotatable bonds is 7. The third-order valence-electron chi connectivity index (χ3n) is 5.89. The van der Waals surface area contributed by atoms with Gasteiger partial charge in [0.1, 0.15) is 12.1 Å². The molecule has 2 heterocycles. The Hall–Kier alpha value is -3.98. The number of sulfonamides is 1. The van der Waals surface area contributed by atoms with Crippen LogP contribution in [0.15, 0.2) is 82.7 Å². The van der Waals surface area contributed by atoms with Crippen LogP contribution in [-0.4, -0.2) is 26.4 Å². The van der Waals surface area contributed by atoms with Crippen molar-refractivity contribution in [2.45, 2.75) is 31.2 Å². The molecule has 0 atom stereocenters. The fraction of sp³-hybridized carbons (Fsp3) is 0.192. The van der Waals surface area contributed by atoms with Gasteiger partial charge in [-0.2, -0.15) is 0 Å². The molecule has 0 aliphatic heterocycles. The first-order chi connectivity index (χ1) is 16.7. The number of benzene rings is 2. The number of anilines is 1. The molecule has 4 aromatic rings. The van der Waals surface area contributed by atoms with Gasteiger partial charge >= 0.3 is 0 Å². The maximum absolute atomic E-state index is 13.3. The highest BCUT2D eigenvalue weighted by molar-refractivity contribution is 7.92. The molecule has 3 N–H and O–H groups in total. The van der Waals surface area contributed by atoms with E-state index in [0.717, 1.165) is 11.3 Å². The Kier molecular flexibility index (Phi) is 6.70. The summed E-state index contributed by atoms with van der Waals surface area (Å²) in [6.45, 7) is 4.35. The molecule has 180 valence electrons. The smallest absolute Gasteiger partial charge is 0.264 e. The number of carbonyl (C=O) groups is 1. The Bertz CT molecular complexity index is 1530. The standard InChI is InChI=1S/C26H26N4O4S/c1-17(2)18-7-9-20(10-8-18)30(3)35(33,34)21-11-12-24-22(14-21)25(31)23(16-28-24)26(32)29-15-19-6-4-5-13-27-19/h4-14,16-17H,15H2,1-3H3,(H,28,31)(H,29,32)/p+1. The second-order valence-electron chi connectivity index (χ2n) is 8.53. The Labute approximate surface area is 203 Å². The van der Waals surface area contributed by atoms with Gasteiger partial charge in [-0.05, 0) is 41.8 Å². The zero-order valence-electron chi connectivity index (χ0n) is 19.7. The first-order valence-corrected chi connectivity index (χ1v) is 12.6. The molecule has 0 aliphatic rings. The number of nitrogens with one attached hydrogen (secondary N) is 3. The molecule has 8 nitrogen and oxygen atoms in total. The first-order valence-electron chi connectivity index (χ1n) is 11.2. The van der Waals surface area contributed by atoms with E-state index in [1.54, 1.807) is 18.3 Å². The highest BCUT2D eigenvalue weighted by Crippen LogP contribution is 2.25. The lowest BCUT2D eigenvalue weighted by atomic mass is 10.0. The average Bonchev–Trinajstić information content (AvgIpc) is 2.87. The van der Waals surface area contributed by atoms with Gasteiger partial charge in [0.15, 0.2) is 11.9 Å². The van der Waals surface area contributed by atoms with Crippen molar-refractivity contribution in [1.82, 2.24) is 10.3 Å². The summed E-state index contributed by atoms with van der Waals surface area (Å²) in [6, 6.07) is 17.1. The predicted octanol–water partition coefficient (Wildman–Crippen LogP) is 3.22. The van der Waals surface area contributed by atoms with Crippen molar-refractivity contribution in [3.63, 3.8) is 0 Å². The van der Waals surface area contributed by atoms with Crippen LogP contribution in [0.5, 0.6) is 0 Å². The second-order valence-corrected chi connectivity index (χ2v) is 10.5. The largest absolute Gasteiger partial charge is 0.360 e. The summed E-state index contributed by atoms with van der Waals surface area (Å²) in [6.07, 6.45) is 3.08. The number of hydrogen-bond donors (Lipinski definition) is 2. The van der Waals surface area contributed by atoms with Gasteiger partial charge in [0.2, 0.25) is 5.43 Å².